The van der Waals surface area contributed by atoms with Crippen LogP contribution in [0.2, 0.25) is 0 Å². The molecular formula is C16H23BrO. The van der Waals surface area contributed by atoms with Crippen molar-refractivity contribution < 1.29 is 4.74 Å². The van der Waals surface area contributed by atoms with Gasteiger partial charge in [-0.1, -0.05) is 35.0 Å². The lowest BCUT2D eigenvalue weighted by Crippen LogP contribution is -2.22. The SMILES string of the molecule is COc1ccc(C2CCC(CBr)C(C)C2)cc1C. The minimum Gasteiger partial charge on any atom is -0.496 e. The van der Waals surface area contributed by atoms with Crippen LogP contribution in [0.15, 0.2) is 18.2 Å². The van der Waals surface area contributed by atoms with Crippen molar-refractivity contribution >= 4 is 15.9 Å². The minimum absolute atomic E-state index is 0.736. The first-order valence-corrected chi connectivity index (χ1v) is 7.98. The summed E-state index contributed by atoms with van der Waals surface area (Å²) in [5.41, 5.74) is 2.75. The number of hydrogen-bond donors (Lipinski definition) is 0. The number of methoxy groups -OCH3 is 1. The number of halogens is 1. The largest absolute Gasteiger partial charge is 0.496 e. The van der Waals surface area contributed by atoms with Crippen molar-refractivity contribution in [3.05, 3.63) is 29.3 Å². The Kier molecular flexibility index (Phi) is 4.71. The van der Waals surface area contributed by atoms with E-state index >= 15 is 0 Å². The standard InChI is InChI=1S/C16H23BrO/c1-11-8-13(4-5-15(11)10-17)14-6-7-16(18-3)12(2)9-14/h6-7,9,11,13,15H,4-5,8,10H2,1-3H3. The van der Waals surface area contributed by atoms with Crippen LogP contribution in [0, 0.1) is 18.8 Å². The molecule has 2 rings (SSSR count). The highest BCUT2D eigenvalue weighted by molar-refractivity contribution is 9.09. The molecule has 3 unspecified atom stereocenters. The normalized spacial score (nSPS) is 28.1. The van der Waals surface area contributed by atoms with E-state index in [0.29, 0.717) is 0 Å². The van der Waals surface area contributed by atoms with Crippen LogP contribution >= 0.6 is 15.9 Å². The van der Waals surface area contributed by atoms with Crippen LogP contribution in [-0.4, -0.2) is 12.4 Å². The van der Waals surface area contributed by atoms with Crippen molar-refractivity contribution in [1.29, 1.82) is 0 Å². The molecule has 1 saturated carbocycles. The van der Waals surface area contributed by atoms with Crippen LogP contribution < -0.4 is 4.74 Å². The molecule has 0 heterocycles. The van der Waals surface area contributed by atoms with Gasteiger partial charge in [0, 0.05) is 5.33 Å². The molecule has 0 bridgehead atoms. The molecular weight excluding hydrogens is 288 g/mol. The maximum absolute atomic E-state index is 5.34. The highest BCUT2D eigenvalue weighted by Gasteiger charge is 2.27. The summed E-state index contributed by atoms with van der Waals surface area (Å²) in [6.07, 6.45) is 4.00. The Hall–Kier alpha value is -0.500. The fraction of sp³-hybridized carbons (Fsp3) is 0.625. The molecule has 1 nitrogen and oxygen atoms in total. The van der Waals surface area contributed by atoms with Crippen LogP contribution in [0.3, 0.4) is 0 Å². The zero-order valence-corrected chi connectivity index (χ0v) is 13.2. The summed E-state index contributed by atoms with van der Waals surface area (Å²) in [4.78, 5) is 0. The molecule has 0 amide bonds. The van der Waals surface area contributed by atoms with Gasteiger partial charge < -0.3 is 4.74 Å². The summed E-state index contributed by atoms with van der Waals surface area (Å²) < 4.78 is 5.34. The average molecular weight is 311 g/mol. The monoisotopic (exact) mass is 310 g/mol. The molecule has 0 spiro atoms. The van der Waals surface area contributed by atoms with E-state index < -0.39 is 0 Å². The van der Waals surface area contributed by atoms with Crippen LogP contribution in [0.25, 0.3) is 0 Å². The third kappa shape index (κ3) is 2.90. The van der Waals surface area contributed by atoms with Gasteiger partial charge in [0.2, 0.25) is 0 Å². The van der Waals surface area contributed by atoms with Gasteiger partial charge in [-0.05, 0) is 61.1 Å². The second-order valence-corrected chi connectivity index (χ2v) is 6.28. The predicted octanol–water partition coefficient (Wildman–Crippen LogP) is 4.92. The molecule has 1 aliphatic carbocycles. The lowest BCUT2D eigenvalue weighted by Gasteiger charge is -2.33. The lowest BCUT2D eigenvalue weighted by molar-refractivity contribution is 0.256. The van der Waals surface area contributed by atoms with E-state index in [1.165, 1.54) is 30.4 Å². The van der Waals surface area contributed by atoms with Gasteiger partial charge in [-0.2, -0.15) is 0 Å². The quantitative estimate of drug-likeness (QED) is 0.720. The van der Waals surface area contributed by atoms with Crippen molar-refractivity contribution in [1.82, 2.24) is 0 Å². The van der Waals surface area contributed by atoms with Gasteiger partial charge in [-0.25, -0.2) is 0 Å². The molecule has 2 heteroatoms. The van der Waals surface area contributed by atoms with Crippen molar-refractivity contribution in [2.75, 3.05) is 12.4 Å². The molecule has 1 aromatic rings. The zero-order valence-electron chi connectivity index (χ0n) is 11.6. The second-order valence-electron chi connectivity index (χ2n) is 5.63. The summed E-state index contributed by atoms with van der Waals surface area (Å²) in [5.74, 6) is 3.42. The van der Waals surface area contributed by atoms with Gasteiger partial charge in [0.15, 0.2) is 0 Å². The molecule has 0 saturated heterocycles. The molecule has 1 aromatic carbocycles. The van der Waals surface area contributed by atoms with Gasteiger partial charge in [0.1, 0.15) is 5.75 Å². The Morgan fingerprint density at radius 1 is 1.33 bits per heavy atom. The molecule has 0 N–H and O–H groups in total. The van der Waals surface area contributed by atoms with E-state index in [1.54, 1.807) is 7.11 Å². The lowest BCUT2D eigenvalue weighted by atomic mass is 9.73. The maximum Gasteiger partial charge on any atom is 0.121 e. The molecule has 1 fully saturated rings. The van der Waals surface area contributed by atoms with Gasteiger partial charge in [-0.3, -0.25) is 0 Å². The van der Waals surface area contributed by atoms with E-state index in [4.69, 9.17) is 4.74 Å². The van der Waals surface area contributed by atoms with Gasteiger partial charge in [0.25, 0.3) is 0 Å². The Balaban J connectivity index is 2.11. The molecule has 1 aliphatic rings. The first-order chi connectivity index (χ1) is 8.65. The van der Waals surface area contributed by atoms with Crippen molar-refractivity contribution in [3.8, 4) is 5.75 Å². The molecule has 100 valence electrons. The number of aryl methyl sites for hydroxylation is 1. The number of alkyl halides is 1. The molecule has 18 heavy (non-hydrogen) atoms. The number of ether oxygens (including phenoxy) is 1. The van der Waals surface area contributed by atoms with E-state index in [2.05, 4.69) is 48.0 Å². The van der Waals surface area contributed by atoms with Crippen molar-refractivity contribution in [2.24, 2.45) is 11.8 Å². The van der Waals surface area contributed by atoms with Crippen LogP contribution in [-0.2, 0) is 0 Å². The van der Waals surface area contributed by atoms with Crippen molar-refractivity contribution in [3.63, 3.8) is 0 Å². The minimum atomic E-state index is 0.736. The third-order valence-electron chi connectivity index (χ3n) is 4.44. The Bertz CT molecular complexity index is 402. The van der Waals surface area contributed by atoms with Gasteiger partial charge >= 0.3 is 0 Å². The summed E-state index contributed by atoms with van der Waals surface area (Å²) in [6, 6.07) is 6.67. The molecule has 0 aliphatic heterocycles. The fourth-order valence-electron chi connectivity index (χ4n) is 3.15. The van der Waals surface area contributed by atoms with Gasteiger partial charge in [0.05, 0.1) is 7.11 Å². The van der Waals surface area contributed by atoms with E-state index in [1.807, 2.05) is 0 Å². The topological polar surface area (TPSA) is 9.23 Å². The Morgan fingerprint density at radius 3 is 2.67 bits per heavy atom. The van der Waals surface area contributed by atoms with Crippen LogP contribution in [0.1, 0.15) is 43.2 Å². The maximum atomic E-state index is 5.34. The van der Waals surface area contributed by atoms with E-state index in [0.717, 1.165) is 28.8 Å². The Labute approximate surface area is 119 Å². The summed E-state index contributed by atoms with van der Waals surface area (Å²) in [5, 5.41) is 1.16. The van der Waals surface area contributed by atoms with Crippen LogP contribution in [0.4, 0.5) is 0 Å². The Morgan fingerprint density at radius 2 is 2.11 bits per heavy atom. The summed E-state index contributed by atoms with van der Waals surface area (Å²) >= 11 is 3.64. The summed E-state index contributed by atoms with van der Waals surface area (Å²) in [7, 11) is 1.74. The summed E-state index contributed by atoms with van der Waals surface area (Å²) in [6.45, 7) is 4.53. The molecule has 0 aromatic heterocycles. The molecule has 0 radical (unpaired) electrons. The first kappa shape index (κ1) is 13.9. The van der Waals surface area contributed by atoms with Crippen LogP contribution in [0.5, 0.6) is 5.75 Å². The fourth-order valence-corrected chi connectivity index (χ4v) is 4.11. The van der Waals surface area contributed by atoms with Crippen molar-refractivity contribution in [2.45, 2.75) is 39.0 Å². The first-order valence-electron chi connectivity index (χ1n) is 6.86. The second kappa shape index (κ2) is 6.10. The number of benzene rings is 1. The molecule has 3 atom stereocenters. The van der Waals surface area contributed by atoms with E-state index in [-0.39, 0.29) is 0 Å². The highest BCUT2D eigenvalue weighted by Crippen LogP contribution is 2.40. The average Bonchev–Trinajstić information content (AvgIpc) is 2.38. The zero-order chi connectivity index (χ0) is 13.1. The van der Waals surface area contributed by atoms with Gasteiger partial charge in [-0.15, -0.1) is 0 Å². The number of hydrogen-bond acceptors (Lipinski definition) is 1. The smallest absolute Gasteiger partial charge is 0.121 e. The van der Waals surface area contributed by atoms with E-state index in [9.17, 15) is 0 Å². The predicted molar refractivity (Wildman–Crippen MR) is 80.8 cm³/mol. The highest BCUT2D eigenvalue weighted by atomic mass is 79.9. The number of rotatable bonds is 3. The third-order valence-corrected chi connectivity index (χ3v) is 5.27.